The van der Waals surface area contributed by atoms with Crippen LogP contribution in [0.5, 0.6) is 0 Å². The fourth-order valence-electron chi connectivity index (χ4n) is 2.22. The number of nitrogens with one attached hydrogen (secondary N) is 1. The van der Waals surface area contributed by atoms with Gasteiger partial charge in [0, 0.05) is 44.7 Å². The summed E-state index contributed by atoms with van der Waals surface area (Å²) >= 11 is 0. The molecule has 1 saturated heterocycles. The molecule has 0 aromatic carbocycles. The van der Waals surface area contributed by atoms with Crippen LogP contribution in [-0.4, -0.2) is 55.7 Å². The van der Waals surface area contributed by atoms with Crippen molar-refractivity contribution in [3.05, 3.63) is 0 Å². The highest BCUT2D eigenvalue weighted by Crippen LogP contribution is 2.19. The number of rotatable bonds is 5. The number of amides is 1. The molecule has 0 aromatic heterocycles. The third-order valence-electron chi connectivity index (χ3n) is 3.41. The number of hydrogen-bond donors (Lipinski definition) is 2. The summed E-state index contributed by atoms with van der Waals surface area (Å²) in [5, 5.41) is 3.02. The molecule has 1 saturated carbocycles. The van der Waals surface area contributed by atoms with Gasteiger partial charge in [-0.15, -0.1) is 0 Å². The van der Waals surface area contributed by atoms with E-state index in [1.807, 2.05) is 0 Å². The molecule has 1 aliphatic carbocycles. The van der Waals surface area contributed by atoms with Crippen LogP contribution in [0.4, 0.5) is 0 Å². The average molecular weight is 241 g/mol. The Kier molecular flexibility index (Phi) is 4.76. The minimum absolute atomic E-state index is 0.146. The summed E-state index contributed by atoms with van der Waals surface area (Å²) in [5.74, 6) is 0.146. The summed E-state index contributed by atoms with van der Waals surface area (Å²) in [6.07, 6.45) is 3.82. The van der Waals surface area contributed by atoms with Crippen molar-refractivity contribution in [3.8, 4) is 0 Å². The van der Waals surface area contributed by atoms with Gasteiger partial charge in [-0.25, -0.2) is 0 Å². The van der Waals surface area contributed by atoms with Crippen molar-refractivity contribution < 1.29 is 9.53 Å². The first-order valence-corrected chi connectivity index (χ1v) is 6.61. The normalized spacial score (nSPS) is 24.1. The van der Waals surface area contributed by atoms with Crippen molar-refractivity contribution in [1.82, 2.24) is 10.2 Å². The number of carbonyl (C=O) groups is 1. The van der Waals surface area contributed by atoms with E-state index >= 15 is 0 Å². The predicted octanol–water partition coefficient (Wildman–Crippen LogP) is -0.295. The lowest BCUT2D eigenvalue weighted by atomic mass is 10.1. The second-order valence-electron chi connectivity index (χ2n) is 4.94. The zero-order valence-corrected chi connectivity index (χ0v) is 10.4. The van der Waals surface area contributed by atoms with Gasteiger partial charge in [0.25, 0.3) is 0 Å². The molecule has 2 rings (SSSR count). The molecular weight excluding hydrogens is 218 g/mol. The van der Waals surface area contributed by atoms with E-state index in [1.54, 1.807) is 0 Å². The van der Waals surface area contributed by atoms with E-state index in [0.29, 0.717) is 19.0 Å². The predicted molar refractivity (Wildman–Crippen MR) is 65.6 cm³/mol. The minimum atomic E-state index is 0.146. The van der Waals surface area contributed by atoms with Gasteiger partial charge in [-0.05, 0) is 19.3 Å². The topological polar surface area (TPSA) is 67.6 Å². The third-order valence-corrected chi connectivity index (χ3v) is 3.41. The molecule has 1 amide bonds. The van der Waals surface area contributed by atoms with E-state index in [1.165, 1.54) is 0 Å². The maximum Gasteiger partial charge on any atom is 0.221 e. The number of nitrogens with zero attached hydrogens (tertiary/aromatic N) is 1. The van der Waals surface area contributed by atoms with Gasteiger partial charge in [0.15, 0.2) is 0 Å². The highest BCUT2D eigenvalue weighted by Gasteiger charge is 2.26. The van der Waals surface area contributed by atoms with Gasteiger partial charge in [0.2, 0.25) is 5.91 Å². The van der Waals surface area contributed by atoms with Crippen molar-refractivity contribution in [2.75, 3.05) is 32.8 Å². The van der Waals surface area contributed by atoms with Crippen LogP contribution in [0, 0.1) is 0 Å². The van der Waals surface area contributed by atoms with Crippen molar-refractivity contribution in [1.29, 1.82) is 0 Å². The Morgan fingerprint density at radius 1 is 1.41 bits per heavy atom. The fraction of sp³-hybridized carbons (Fsp3) is 0.917. The first-order chi connectivity index (χ1) is 8.29. The second-order valence-corrected chi connectivity index (χ2v) is 4.94. The summed E-state index contributed by atoms with van der Waals surface area (Å²) in [5.41, 5.74) is 5.79. The molecule has 0 aromatic rings. The first-order valence-electron chi connectivity index (χ1n) is 6.61. The van der Waals surface area contributed by atoms with Crippen molar-refractivity contribution in [2.24, 2.45) is 5.73 Å². The number of nitrogens with two attached hydrogens (primary N) is 1. The Labute approximate surface area is 103 Å². The molecule has 0 spiro atoms. The lowest BCUT2D eigenvalue weighted by molar-refractivity contribution is -0.122. The van der Waals surface area contributed by atoms with Crippen LogP contribution in [0.25, 0.3) is 0 Å². The van der Waals surface area contributed by atoms with Crippen LogP contribution in [0.15, 0.2) is 0 Å². The van der Waals surface area contributed by atoms with Crippen molar-refractivity contribution in [3.63, 3.8) is 0 Å². The number of hydrogen-bond acceptors (Lipinski definition) is 4. The van der Waals surface area contributed by atoms with E-state index in [9.17, 15) is 4.79 Å². The quantitative estimate of drug-likeness (QED) is 0.694. The molecule has 2 fully saturated rings. The van der Waals surface area contributed by atoms with Crippen LogP contribution in [0.3, 0.4) is 0 Å². The van der Waals surface area contributed by atoms with Gasteiger partial charge in [0.1, 0.15) is 0 Å². The molecular formula is C12H23N3O2. The maximum absolute atomic E-state index is 11.8. The fourth-order valence-corrected chi connectivity index (χ4v) is 2.22. The number of ether oxygens (including phenoxy) is 1. The van der Waals surface area contributed by atoms with Crippen LogP contribution < -0.4 is 11.1 Å². The summed E-state index contributed by atoms with van der Waals surface area (Å²) in [6, 6.07) is 0.601. The molecule has 17 heavy (non-hydrogen) atoms. The van der Waals surface area contributed by atoms with Crippen molar-refractivity contribution >= 4 is 5.91 Å². The Bertz CT molecular complexity index is 248. The zero-order chi connectivity index (χ0) is 12.1. The van der Waals surface area contributed by atoms with Gasteiger partial charge < -0.3 is 15.8 Å². The molecule has 98 valence electrons. The molecule has 1 unspecified atom stereocenters. The Hall–Kier alpha value is -0.650. The maximum atomic E-state index is 11.8. The monoisotopic (exact) mass is 241 g/mol. The minimum Gasteiger partial charge on any atom is -0.380 e. The summed E-state index contributed by atoms with van der Waals surface area (Å²) in [4.78, 5) is 14.1. The van der Waals surface area contributed by atoms with E-state index in [2.05, 4.69) is 10.2 Å². The zero-order valence-electron chi connectivity index (χ0n) is 10.4. The third kappa shape index (κ3) is 4.26. The van der Waals surface area contributed by atoms with Crippen LogP contribution in [-0.2, 0) is 9.53 Å². The summed E-state index contributed by atoms with van der Waals surface area (Å²) < 4.78 is 5.42. The van der Waals surface area contributed by atoms with Gasteiger partial charge in [0.05, 0.1) is 6.61 Å². The molecule has 1 aliphatic heterocycles. The van der Waals surface area contributed by atoms with Crippen molar-refractivity contribution in [2.45, 2.75) is 37.8 Å². The number of carbonyl (C=O) groups excluding carboxylic acids is 1. The highest BCUT2D eigenvalue weighted by molar-refractivity contribution is 5.77. The lowest BCUT2D eigenvalue weighted by Crippen LogP contribution is -2.45. The highest BCUT2D eigenvalue weighted by atomic mass is 16.5. The molecule has 0 radical (unpaired) electrons. The molecule has 1 atom stereocenters. The summed E-state index contributed by atoms with van der Waals surface area (Å²) in [6.45, 7) is 3.98. The van der Waals surface area contributed by atoms with Gasteiger partial charge >= 0.3 is 0 Å². The standard InChI is InChI=1S/C12H23N3O2/c13-9-11(8-12(16)14-10-2-3-10)15-4-1-6-17-7-5-15/h10-11H,1-9,13H2,(H,14,16). The van der Waals surface area contributed by atoms with Crippen LogP contribution >= 0.6 is 0 Å². The second kappa shape index (κ2) is 6.33. The Morgan fingerprint density at radius 2 is 2.24 bits per heavy atom. The summed E-state index contributed by atoms with van der Waals surface area (Å²) in [7, 11) is 0. The lowest BCUT2D eigenvalue weighted by Gasteiger charge is -2.28. The first kappa shape index (κ1) is 12.8. The Morgan fingerprint density at radius 3 is 2.94 bits per heavy atom. The smallest absolute Gasteiger partial charge is 0.221 e. The van der Waals surface area contributed by atoms with E-state index < -0.39 is 0 Å². The molecule has 3 N–H and O–H groups in total. The van der Waals surface area contributed by atoms with E-state index in [0.717, 1.165) is 45.6 Å². The van der Waals surface area contributed by atoms with Gasteiger partial charge in [-0.2, -0.15) is 0 Å². The Balaban J connectivity index is 1.78. The largest absolute Gasteiger partial charge is 0.380 e. The van der Waals surface area contributed by atoms with E-state index in [-0.39, 0.29) is 11.9 Å². The van der Waals surface area contributed by atoms with Crippen LogP contribution in [0.1, 0.15) is 25.7 Å². The average Bonchev–Trinajstić information content (AvgIpc) is 3.12. The molecule has 5 nitrogen and oxygen atoms in total. The molecule has 2 aliphatic rings. The van der Waals surface area contributed by atoms with Gasteiger partial charge in [-0.1, -0.05) is 0 Å². The van der Waals surface area contributed by atoms with Gasteiger partial charge in [-0.3, -0.25) is 9.69 Å². The SMILES string of the molecule is NCC(CC(=O)NC1CC1)N1CCCOCC1. The van der Waals surface area contributed by atoms with E-state index in [4.69, 9.17) is 10.5 Å². The van der Waals surface area contributed by atoms with Crippen LogP contribution in [0.2, 0.25) is 0 Å². The molecule has 5 heteroatoms. The molecule has 1 heterocycles. The molecule has 0 bridgehead atoms.